The Morgan fingerprint density at radius 1 is 1.11 bits per heavy atom. The molecule has 1 atom stereocenters. The minimum Gasteiger partial charge on any atom is -0.424 e. The predicted octanol–water partition coefficient (Wildman–Crippen LogP) is 0.754. The van der Waals surface area contributed by atoms with E-state index in [0.717, 1.165) is 18.7 Å². The molecule has 0 N–H and O–H groups in total. The molecular weight excluding hydrogens is 346 g/mol. The zero-order chi connectivity index (χ0) is 18.8. The van der Waals surface area contributed by atoms with E-state index in [0.29, 0.717) is 24.8 Å². The van der Waals surface area contributed by atoms with Crippen molar-refractivity contribution in [3.8, 4) is 11.8 Å². The van der Waals surface area contributed by atoms with E-state index in [-0.39, 0.29) is 24.4 Å². The van der Waals surface area contributed by atoms with Gasteiger partial charge in [0.15, 0.2) is 0 Å². The number of fused-ring (bicyclic) bond motifs is 1. The fraction of sp³-hybridized carbons (Fsp3) is 0.368. The van der Waals surface area contributed by atoms with Crippen molar-refractivity contribution < 1.29 is 14.3 Å². The zero-order valence-corrected chi connectivity index (χ0v) is 15.1. The summed E-state index contributed by atoms with van der Waals surface area (Å²) in [6.45, 7) is 2.82. The van der Waals surface area contributed by atoms with E-state index in [1.165, 1.54) is 4.90 Å². The third kappa shape index (κ3) is 3.75. The van der Waals surface area contributed by atoms with Crippen LogP contribution in [0.5, 0.6) is 11.8 Å². The number of hydrogen-bond acceptors (Lipinski definition) is 6. The van der Waals surface area contributed by atoms with Crippen molar-refractivity contribution in [3.63, 3.8) is 0 Å². The summed E-state index contributed by atoms with van der Waals surface area (Å²) >= 11 is 0. The lowest BCUT2D eigenvalue weighted by Gasteiger charge is -2.45. The Hall–Kier alpha value is -3.00. The lowest BCUT2D eigenvalue weighted by molar-refractivity contribution is -0.158. The van der Waals surface area contributed by atoms with E-state index in [1.54, 1.807) is 30.4 Å². The van der Waals surface area contributed by atoms with Crippen molar-refractivity contribution in [2.75, 3.05) is 33.2 Å². The monoisotopic (exact) mass is 367 g/mol. The van der Waals surface area contributed by atoms with E-state index < -0.39 is 0 Å². The molecule has 8 heteroatoms. The summed E-state index contributed by atoms with van der Waals surface area (Å²) in [6.07, 6.45) is 3.26. The fourth-order valence-electron chi connectivity index (χ4n) is 3.48. The smallest absolute Gasteiger partial charge is 0.321 e. The van der Waals surface area contributed by atoms with Crippen LogP contribution in [0, 0.1) is 0 Å². The molecule has 1 aromatic carbocycles. The highest BCUT2D eigenvalue weighted by molar-refractivity contribution is 5.95. The first kappa shape index (κ1) is 17.4. The van der Waals surface area contributed by atoms with Crippen molar-refractivity contribution >= 4 is 11.8 Å². The van der Waals surface area contributed by atoms with Crippen LogP contribution in [-0.2, 0) is 16.1 Å². The molecule has 0 unspecified atom stereocenters. The molecule has 2 aliphatic rings. The van der Waals surface area contributed by atoms with Crippen LogP contribution in [0.2, 0.25) is 0 Å². The Kier molecular flexibility index (Phi) is 4.72. The van der Waals surface area contributed by atoms with Crippen molar-refractivity contribution in [2.24, 2.45) is 0 Å². The van der Waals surface area contributed by atoms with Crippen LogP contribution in [0.4, 0.5) is 0 Å². The molecule has 0 bridgehead atoms. The van der Waals surface area contributed by atoms with Gasteiger partial charge in [-0.3, -0.25) is 14.5 Å². The van der Waals surface area contributed by atoms with Crippen LogP contribution in [0.3, 0.4) is 0 Å². The second-order valence-electron chi connectivity index (χ2n) is 6.81. The first-order valence-corrected chi connectivity index (χ1v) is 8.91. The van der Waals surface area contributed by atoms with Crippen LogP contribution >= 0.6 is 0 Å². The number of rotatable bonds is 4. The highest BCUT2D eigenvalue weighted by atomic mass is 16.5. The third-order valence-electron chi connectivity index (χ3n) is 4.90. The molecule has 2 amide bonds. The first-order chi connectivity index (χ1) is 13.1. The molecule has 2 fully saturated rings. The van der Waals surface area contributed by atoms with E-state index >= 15 is 0 Å². The van der Waals surface area contributed by atoms with Gasteiger partial charge in [0.25, 0.3) is 0 Å². The topological polar surface area (TPSA) is 78.9 Å². The highest BCUT2D eigenvalue weighted by Crippen LogP contribution is 2.21. The minimum absolute atomic E-state index is 0.0194. The van der Waals surface area contributed by atoms with Gasteiger partial charge in [-0.2, -0.15) is 0 Å². The van der Waals surface area contributed by atoms with Gasteiger partial charge in [-0.25, -0.2) is 9.97 Å². The Bertz CT molecular complexity index is 827. The third-order valence-corrected chi connectivity index (χ3v) is 4.90. The molecule has 0 radical (unpaired) electrons. The maximum atomic E-state index is 12.4. The van der Waals surface area contributed by atoms with Gasteiger partial charge in [-0.05, 0) is 23.8 Å². The minimum atomic E-state index is -0.372. The Morgan fingerprint density at radius 3 is 2.59 bits per heavy atom. The first-order valence-electron chi connectivity index (χ1n) is 8.91. The average molecular weight is 367 g/mol. The van der Waals surface area contributed by atoms with Crippen molar-refractivity contribution in [1.82, 2.24) is 24.7 Å². The van der Waals surface area contributed by atoms with E-state index in [9.17, 15) is 9.59 Å². The normalized spacial score (nSPS) is 20.6. The summed E-state index contributed by atoms with van der Waals surface area (Å²) in [6, 6.07) is 9.41. The molecule has 2 saturated heterocycles. The molecule has 8 nitrogen and oxygen atoms in total. The maximum absolute atomic E-state index is 12.4. The molecule has 2 aromatic rings. The van der Waals surface area contributed by atoms with E-state index in [2.05, 4.69) is 14.9 Å². The van der Waals surface area contributed by atoms with Gasteiger partial charge in [0, 0.05) is 45.6 Å². The van der Waals surface area contributed by atoms with Crippen LogP contribution in [0.1, 0.15) is 5.56 Å². The van der Waals surface area contributed by atoms with Gasteiger partial charge in [0.1, 0.15) is 11.8 Å². The second kappa shape index (κ2) is 7.32. The molecule has 4 rings (SSSR count). The number of ether oxygens (including phenoxy) is 1. The Morgan fingerprint density at radius 2 is 1.85 bits per heavy atom. The summed E-state index contributed by atoms with van der Waals surface area (Å²) in [5.41, 5.74) is 1.12. The van der Waals surface area contributed by atoms with Gasteiger partial charge >= 0.3 is 6.01 Å². The van der Waals surface area contributed by atoms with E-state index in [4.69, 9.17) is 4.74 Å². The van der Waals surface area contributed by atoms with Crippen LogP contribution < -0.4 is 4.74 Å². The van der Waals surface area contributed by atoms with Crippen LogP contribution in [0.15, 0.2) is 42.7 Å². The number of piperazine rings is 2. The number of nitrogens with zero attached hydrogens (tertiary/aromatic N) is 5. The molecule has 2 aliphatic heterocycles. The van der Waals surface area contributed by atoms with Gasteiger partial charge in [-0.15, -0.1) is 0 Å². The summed E-state index contributed by atoms with van der Waals surface area (Å²) in [4.78, 5) is 38.0. The SMILES string of the molecule is CN1CC(=O)N2CCN(Cc3ccc(Oc4ncccn4)cc3)C[C@@H]2C1=O. The van der Waals surface area contributed by atoms with Crippen LogP contribution in [0.25, 0.3) is 0 Å². The quantitative estimate of drug-likeness (QED) is 0.794. The average Bonchev–Trinajstić information content (AvgIpc) is 2.68. The number of aromatic nitrogens is 2. The molecular formula is C19H21N5O3. The largest absolute Gasteiger partial charge is 0.424 e. The number of likely N-dealkylation sites (N-methyl/N-ethyl adjacent to an activating group) is 1. The molecule has 140 valence electrons. The number of amides is 2. The van der Waals surface area contributed by atoms with Crippen molar-refractivity contribution in [1.29, 1.82) is 0 Å². The van der Waals surface area contributed by atoms with Crippen LogP contribution in [-0.4, -0.2) is 75.8 Å². The van der Waals surface area contributed by atoms with Crippen molar-refractivity contribution in [3.05, 3.63) is 48.3 Å². The number of benzene rings is 1. The Balaban J connectivity index is 1.38. The van der Waals surface area contributed by atoms with Gasteiger partial charge in [-0.1, -0.05) is 12.1 Å². The predicted molar refractivity (Wildman–Crippen MR) is 97.0 cm³/mol. The highest BCUT2D eigenvalue weighted by Gasteiger charge is 2.41. The fourth-order valence-corrected chi connectivity index (χ4v) is 3.48. The molecule has 0 spiro atoms. The standard InChI is InChI=1S/C19H21N5O3/c1-22-13-17(25)24-10-9-23(12-16(24)18(22)26)11-14-3-5-15(6-4-14)27-19-20-7-2-8-21-19/h2-8,16H,9-13H2,1H3/t16-/m1/s1. The lowest BCUT2D eigenvalue weighted by Crippen LogP contribution is -2.65. The second-order valence-corrected chi connectivity index (χ2v) is 6.81. The van der Waals surface area contributed by atoms with Gasteiger partial charge < -0.3 is 14.5 Å². The number of carbonyl (C=O) groups is 2. The number of hydrogen-bond donors (Lipinski definition) is 0. The summed E-state index contributed by atoms with van der Waals surface area (Å²) in [7, 11) is 1.69. The molecule has 1 aromatic heterocycles. The number of carbonyl (C=O) groups excluding carboxylic acids is 2. The van der Waals surface area contributed by atoms with Gasteiger partial charge in [0.2, 0.25) is 11.8 Å². The zero-order valence-electron chi connectivity index (χ0n) is 15.1. The van der Waals surface area contributed by atoms with Gasteiger partial charge in [0.05, 0.1) is 6.54 Å². The summed E-state index contributed by atoms with van der Waals surface area (Å²) in [5.74, 6) is 0.724. The maximum Gasteiger partial charge on any atom is 0.321 e. The lowest BCUT2D eigenvalue weighted by atomic mass is 10.1. The van der Waals surface area contributed by atoms with Crippen molar-refractivity contribution in [2.45, 2.75) is 12.6 Å². The summed E-state index contributed by atoms with van der Waals surface area (Å²) in [5, 5.41) is 0. The summed E-state index contributed by atoms with van der Waals surface area (Å²) < 4.78 is 5.60. The van der Waals surface area contributed by atoms with E-state index in [1.807, 2.05) is 24.3 Å². The molecule has 0 saturated carbocycles. The molecule has 27 heavy (non-hydrogen) atoms. The molecule has 3 heterocycles. The molecule has 0 aliphatic carbocycles. The Labute approximate surface area is 157 Å².